The molecule has 0 aromatic heterocycles. The highest BCUT2D eigenvalue weighted by atomic mass is 19.4. The lowest BCUT2D eigenvalue weighted by Crippen LogP contribution is -2.64. The van der Waals surface area contributed by atoms with Crippen LogP contribution in [0.4, 0.5) is 13.2 Å². The van der Waals surface area contributed by atoms with Crippen LogP contribution in [0, 0.1) is 5.92 Å². The Morgan fingerprint density at radius 3 is 2.35 bits per heavy atom. The van der Waals surface area contributed by atoms with Crippen LogP contribution in [-0.4, -0.2) is 41.5 Å². The molecule has 20 heavy (non-hydrogen) atoms. The van der Waals surface area contributed by atoms with Crippen LogP contribution in [0.1, 0.15) is 40.0 Å². The summed E-state index contributed by atoms with van der Waals surface area (Å²) in [5, 5.41) is 2.62. The Bertz CT molecular complexity index is 369. The van der Waals surface area contributed by atoms with Crippen molar-refractivity contribution < 1.29 is 22.8 Å². The quantitative estimate of drug-likeness (QED) is 0.844. The maximum Gasteiger partial charge on any atom is 0.390 e. The van der Waals surface area contributed by atoms with E-state index in [0.29, 0.717) is 12.8 Å². The minimum atomic E-state index is -4.34. The molecule has 1 fully saturated rings. The molecule has 1 aliphatic heterocycles. The molecule has 4 nitrogen and oxygen atoms in total. The number of hydrogen-bond acceptors (Lipinski definition) is 2. The van der Waals surface area contributed by atoms with Gasteiger partial charge in [0.2, 0.25) is 11.8 Å². The van der Waals surface area contributed by atoms with Crippen LogP contribution in [0.5, 0.6) is 0 Å². The van der Waals surface area contributed by atoms with E-state index >= 15 is 0 Å². The molecule has 2 atom stereocenters. The summed E-state index contributed by atoms with van der Waals surface area (Å²) in [7, 11) is 0. The largest absolute Gasteiger partial charge is 0.390 e. The Hall–Kier alpha value is -1.27. The van der Waals surface area contributed by atoms with Gasteiger partial charge >= 0.3 is 6.18 Å². The normalized spacial score (nSPS) is 24.2. The number of piperazine rings is 1. The minimum absolute atomic E-state index is 0.151. The van der Waals surface area contributed by atoms with Gasteiger partial charge in [-0.15, -0.1) is 0 Å². The molecule has 1 N–H and O–H groups in total. The molecule has 1 rings (SSSR count). The second-order valence-electron chi connectivity index (χ2n) is 5.43. The van der Waals surface area contributed by atoms with Crippen molar-refractivity contribution in [2.45, 2.75) is 58.3 Å². The van der Waals surface area contributed by atoms with E-state index in [-0.39, 0.29) is 11.8 Å². The van der Waals surface area contributed by atoms with E-state index in [1.54, 1.807) is 13.8 Å². The van der Waals surface area contributed by atoms with Crippen molar-refractivity contribution in [1.29, 1.82) is 0 Å². The summed E-state index contributed by atoms with van der Waals surface area (Å²) in [4.78, 5) is 25.3. The van der Waals surface area contributed by atoms with Gasteiger partial charge in [-0.25, -0.2) is 0 Å². The van der Waals surface area contributed by atoms with Gasteiger partial charge in [-0.2, -0.15) is 13.2 Å². The smallest absolute Gasteiger partial charge is 0.342 e. The minimum Gasteiger partial charge on any atom is -0.342 e. The van der Waals surface area contributed by atoms with Gasteiger partial charge in [-0.05, 0) is 12.3 Å². The Balaban J connectivity index is 2.89. The van der Waals surface area contributed by atoms with E-state index < -0.39 is 37.1 Å². The van der Waals surface area contributed by atoms with Gasteiger partial charge in [0.05, 0.1) is 6.42 Å². The van der Waals surface area contributed by atoms with Crippen LogP contribution in [0.3, 0.4) is 0 Å². The van der Waals surface area contributed by atoms with Crippen LogP contribution in [0.25, 0.3) is 0 Å². The number of halogens is 3. The summed E-state index contributed by atoms with van der Waals surface area (Å²) in [6.07, 6.45) is -4.42. The number of nitrogens with zero attached hydrogens (tertiary/aromatic N) is 1. The highest BCUT2D eigenvalue weighted by Crippen LogP contribution is 2.24. The first-order chi connectivity index (χ1) is 9.17. The Morgan fingerprint density at radius 2 is 1.90 bits per heavy atom. The first kappa shape index (κ1) is 16.8. The summed E-state index contributed by atoms with van der Waals surface area (Å²) >= 11 is 0. The van der Waals surface area contributed by atoms with Crippen molar-refractivity contribution in [2.75, 3.05) is 6.54 Å². The highest BCUT2D eigenvalue weighted by Gasteiger charge is 2.42. The zero-order valence-corrected chi connectivity index (χ0v) is 12.0. The molecule has 1 aliphatic rings. The average Bonchev–Trinajstić information content (AvgIpc) is 2.31. The summed E-state index contributed by atoms with van der Waals surface area (Å²) < 4.78 is 37.1. The fraction of sp³-hybridized carbons (Fsp3) is 0.846. The molecule has 0 aliphatic carbocycles. The van der Waals surface area contributed by atoms with E-state index in [9.17, 15) is 22.8 Å². The summed E-state index contributed by atoms with van der Waals surface area (Å²) in [6, 6.07) is -1.52. The van der Waals surface area contributed by atoms with Gasteiger partial charge in [0.1, 0.15) is 12.1 Å². The first-order valence-electron chi connectivity index (χ1n) is 6.85. The van der Waals surface area contributed by atoms with Crippen molar-refractivity contribution >= 4 is 11.8 Å². The number of alkyl halides is 3. The number of hydrogen-bond donors (Lipinski definition) is 1. The second-order valence-corrected chi connectivity index (χ2v) is 5.43. The molecule has 0 saturated carbocycles. The predicted molar refractivity (Wildman–Crippen MR) is 67.8 cm³/mol. The lowest BCUT2D eigenvalue weighted by atomic mass is 9.96. The zero-order valence-electron chi connectivity index (χ0n) is 12.0. The molecule has 1 heterocycles. The van der Waals surface area contributed by atoms with Crippen LogP contribution >= 0.6 is 0 Å². The van der Waals surface area contributed by atoms with E-state index in [4.69, 9.17) is 0 Å². The van der Waals surface area contributed by atoms with Crippen molar-refractivity contribution in [3.05, 3.63) is 0 Å². The fourth-order valence-corrected chi connectivity index (χ4v) is 2.31. The fourth-order valence-electron chi connectivity index (χ4n) is 2.31. The van der Waals surface area contributed by atoms with Crippen LogP contribution in [0.15, 0.2) is 0 Å². The molecular weight excluding hydrogens is 273 g/mol. The van der Waals surface area contributed by atoms with Crippen LogP contribution in [0.2, 0.25) is 0 Å². The lowest BCUT2D eigenvalue weighted by molar-refractivity contribution is -0.159. The van der Waals surface area contributed by atoms with Gasteiger partial charge < -0.3 is 10.2 Å². The standard InChI is InChI=1S/C13H21F3N2O2/c1-4-5-9-11(19)17-10(8(2)3)12(20)18(9)7-6-13(14,15)16/h8-10H,4-7H2,1-3H3,(H,17,19). The number of amides is 2. The van der Waals surface area contributed by atoms with E-state index in [1.807, 2.05) is 6.92 Å². The Morgan fingerprint density at radius 1 is 1.30 bits per heavy atom. The maximum atomic E-state index is 12.4. The van der Waals surface area contributed by atoms with Crippen molar-refractivity contribution in [1.82, 2.24) is 10.2 Å². The number of carbonyl (C=O) groups excluding carboxylic acids is 2. The summed E-state index contributed by atoms with van der Waals surface area (Å²) in [5.41, 5.74) is 0. The monoisotopic (exact) mass is 294 g/mol. The molecule has 2 amide bonds. The summed E-state index contributed by atoms with van der Waals surface area (Å²) in [6.45, 7) is 4.88. The molecule has 1 saturated heterocycles. The molecule has 116 valence electrons. The Kier molecular flexibility index (Phi) is 5.42. The summed E-state index contributed by atoms with van der Waals surface area (Å²) in [5.74, 6) is -0.919. The molecule has 0 aromatic carbocycles. The third kappa shape index (κ3) is 4.11. The molecule has 2 unspecified atom stereocenters. The second kappa shape index (κ2) is 6.45. The maximum absolute atomic E-state index is 12.4. The van der Waals surface area contributed by atoms with Gasteiger partial charge in [-0.1, -0.05) is 27.2 Å². The van der Waals surface area contributed by atoms with Crippen molar-refractivity contribution in [2.24, 2.45) is 5.92 Å². The van der Waals surface area contributed by atoms with Crippen LogP contribution in [-0.2, 0) is 9.59 Å². The predicted octanol–water partition coefficient (Wildman–Crippen LogP) is 2.09. The van der Waals surface area contributed by atoms with Crippen molar-refractivity contribution in [3.8, 4) is 0 Å². The van der Waals surface area contributed by atoms with Crippen LogP contribution < -0.4 is 5.32 Å². The van der Waals surface area contributed by atoms with E-state index in [0.717, 1.165) is 4.90 Å². The average molecular weight is 294 g/mol. The molecule has 0 spiro atoms. The third-order valence-electron chi connectivity index (χ3n) is 3.39. The van der Waals surface area contributed by atoms with Gasteiger partial charge in [0.25, 0.3) is 0 Å². The Labute approximate surface area is 116 Å². The molecule has 0 bridgehead atoms. The van der Waals surface area contributed by atoms with Gasteiger partial charge in [0, 0.05) is 6.54 Å². The first-order valence-corrected chi connectivity index (χ1v) is 6.85. The number of nitrogens with one attached hydrogen (secondary N) is 1. The molecule has 0 radical (unpaired) electrons. The highest BCUT2D eigenvalue weighted by molar-refractivity contribution is 5.97. The number of rotatable bonds is 5. The molecule has 7 heteroatoms. The van der Waals surface area contributed by atoms with Gasteiger partial charge in [-0.3, -0.25) is 9.59 Å². The number of carbonyl (C=O) groups is 2. The zero-order chi connectivity index (χ0) is 15.5. The topological polar surface area (TPSA) is 49.4 Å². The van der Waals surface area contributed by atoms with Crippen molar-refractivity contribution in [3.63, 3.8) is 0 Å². The molecular formula is C13H21F3N2O2. The lowest BCUT2D eigenvalue weighted by Gasteiger charge is -2.40. The van der Waals surface area contributed by atoms with E-state index in [2.05, 4.69) is 5.32 Å². The molecule has 0 aromatic rings. The van der Waals surface area contributed by atoms with E-state index in [1.165, 1.54) is 0 Å². The SMILES string of the molecule is CCCC1C(=O)NC(C(C)C)C(=O)N1CCC(F)(F)F. The third-order valence-corrected chi connectivity index (χ3v) is 3.39. The van der Waals surface area contributed by atoms with Gasteiger partial charge in [0.15, 0.2) is 0 Å².